The molecule has 100 valence electrons. The van der Waals surface area contributed by atoms with E-state index in [1.165, 1.54) is 51.6 Å². The molecule has 0 amide bonds. The van der Waals surface area contributed by atoms with Crippen LogP contribution < -0.4 is 5.32 Å². The van der Waals surface area contributed by atoms with Gasteiger partial charge in [0.25, 0.3) is 0 Å². The number of hydrogen-bond acceptors (Lipinski definition) is 2. The van der Waals surface area contributed by atoms with Crippen LogP contribution in [0.4, 0.5) is 0 Å². The van der Waals surface area contributed by atoms with Gasteiger partial charge >= 0.3 is 0 Å². The molecule has 2 heteroatoms. The molecule has 0 aromatic heterocycles. The van der Waals surface area contributed by atoms with Crippen molar-refractivity contribution in [2.24, 2.45) is 5.92 Å². The van der Waals surface area contributed by atoms with Gasteiger partial charge in [-0.05, 0) is 57.5 Å². The van der Waals surface area contributed by atoms with Gasteiger partial charge in [-0.1, -0.05) is 20.8 Å². The van der Waals surface area contributed by atoms with Crippen LogP contribution in [0.3, 0.4) is 0 Å². The third-order valence-electron chi connectivity index (χ3n) is 4.60. The first kappa shape index (κ1) is 13.4. The van der Waals surface area contributed by atoms with E-state index in [1.54, 1.807) is 0 Å². The molecular formula is C15H30N2. The van der Waals surface area contributed by atoms with Crippen molar-refractivity contribution in [2.75, 3.05) is 13.1 Å². The van der Waals surface area contributed by atoms with Crippen LogP contribution in [0, 0.1) is 5.92 Å². The number of nitrogens with one attached hydrogen (secondary N) is 1. The maximum atomic E-state index is 3.75. The minimum absolute atomic E-state index is 0.831. The van der Waals surface area contributed by atoms with Gasteiger partial charge in [-0.3, -0.25) is 0 Å². The Hall–Kier alpha value is -0.0800. The van der Waals surface area contributed by atoms with E-state index < -0.39 is 0 Å². The average Bonchev–Trinajstić information content (AvgIpc) is 2.63. The van der Waals surface area contributed by atoms with Gasteiger partial charge in [0.2, 0.25) is 0 Å². The molecule has 0 aromatic rings. The zero-order valence-electron chi connectivity index (χ0n) is 11.9. The van der Waals surface area contributed by atoms with Gasteiger partial charge in [-0.25, -0.2) is 0 Å². The van der Waals surface area contributed by atoms with Crippen molar-refractivity contribution in [3.63, 3.8) is 0 Å². The Kier molecular flexibility index (Phi) is 4.87. The molecule has 17 heavy (non-hydrogen) atoms. The summed E-state index contributed by atoms with van der Waals surface area (Å²) in [5.41, 5.74) is 0. The Morgan fingerprint density at radius 2 is 1.82 bits per heavy atom. The van der Waals surface area contributed by atoms with Crippen LogP contribution in [0.25, 0.3) is 0 Å². The fraction of sp³-hybridized carbons (Fsp3) is 1.00. The van der Waals surface area contributed by atoms with E-state index in [0.717, 1.165) is 24.0 Å². The minimum Gasteiger partial charge on any atom is -0.311 e. The van der Waals surface area contributed by atoms with Crippen molar-refractivity contribution >= 4 is 0 Å². The monoisotopic (exact) mass is 238 g/mol. The van der Waals surface area contributed by atoms with E-state index in [9.17, 15) is 0 Å². The summed E-state index contributed by atoms with van der Waals surface area (Å²) in [5.74, 6) is 0.859. The highest BCUT2D eigenvalue weighted by Gasteiger charge is 2.35. The lowest BCUT2D eigenvalue weighted by atomic mass is 9.97. The zero-order chi connectivity index (χ0) is 12.3. The lowest BCUT2D eigenvalue weighted by Gasteiger charge is -2.37. The van der Waals surface area contributed by atoms with Crippen molar-refractivity contribution in [1.29, 1.82) is 0 Å². The standard InChI is InChI=1S/C15H30N2/c1-4-17(9-5-6-12(2)3)15-10-13-7-8-14(11-15)16-13/h12-16H,4-11H2,1-3H3. The molecule has 2 rings (SSSR count). The maximum absolute atomic E-state index is 3.75. The second-order valence-corrected chi connectivity index (χ2v) is 6.43. The molecule has 2 fully saturated rings. The van der Waals surface area contributed by atoms with Gasteiger partial charge in [0.05, 0.1) is 0 Å². The second-order valence-electron chi connectivity index (χ2n) is 6.43. The minimum atomic E-state index is 0.831. The predicted molar refractivity (Wildman–Crippen MR) is 74.3 cm³/mol. The Morgan fingerprint density at radius 3 is 2.35 bits per heavy atom. The SMILES string of the molecule is CCN(CCCC(C)C)C1CC2CCC(C1)N2. The Bertz CT molecular complexity index is 215. The van der Waals surface area contributed by atoms with Gasteiger partial charge in [0, 0.05) is 18.1 Å². The first-order valence-corrected chi connectivity index (χ1v) is 7.69. The summed E-state index contributed by atoms with van der Waals surface area (Å²) in [6, 6.07) is 2.53. The van der Waals surface area contributed by atoms with Gasteiger partial charge in [-0.15, -0.1) is 0 Å². The van der Waals surface area contributed by atoms with E-state index in [1.807, 2.05) is 0 Å². The molecule has 2 atom stereocenters. The quantitative estimate of drug-likeness (QED) is 0.765. The third kappa shape index (κ3) is 3.69. The van der Waals surface area contributed by atoms with Gasteiger partial charge < -0.3 is 10.2 Å². The van der Waals surface area contributed by atoms with Crippen LogP contribution in [0.1, 0.15) is 59.3 Å². The second kappa shape index (κ2) is 6.19. The van der Waals surface area contributed by atoms with Gasteiger partial charge in [0.15, 0.2) is 0 Å². The number of nitrogens with zero attached hydrogens (tertiary/aromatic N) is 1. The summed E-state index contributed by atoms with van der Waals surface area (Å²) in [7, 11) is 0. The lowest BCUT2D eigenvalue weighted by Crippen LogP contribution is -2.48. The molecule has 2 aliphatic rings. The molecule has 2 aliphatic heterocycles. The highest BCUT2D eigenvalue weighted by atomic mass is 15.2. The predicted octanol–water partition coefficient (Wildman–Crippen LogP) is 3.03. The summed E-state index contributed by atoms with van der Waals surface area (Å²) in [6.45, 7) is 9.56. The van der Waals surface area contributed by atoms with Crippen molar-refractivity contribution in [3.8, 4) is 0 Å². The zero-order valence-corrected chi connectivity index (χ0v) is 11.9. The number of piperidine rings is 1. The number of rotatable bonds is 6. The Balaban J connectivity index is 1.77. The molecule has 2 unspecified atom stereocenters. The summed E-state index contributed by atoms with van der Waals surface area (Å²) in [4.78, 5) is 2.74. The molecule has 0 spiro atoms. The van der Waals surface area contributed by atoms with Crippen molar-refractivity contribution in [2.45, 2.75) is 77.4 Å². The van der Waals surface area contributed by atoms with Gasteiger partial charge in [-0.2, -0.15) is 0 Å². The molecule has 0 aliphatic carbocycles. The molecule has 2 bridgehead atoms. The topological polar surface area (TPSA) is 15.3 Å². The fourth-order valence-electron chi connectivity index (χ4n) is 3.63. The van der Waals surface area contributed by atoms with E-state index in [-0.39, 0.29) is 0 Å². The van der Waals surface area contributed by atoms with Crippen LogP contribution in [-0.4, -0.2) is 36.1 Å². The first-order chi connectivity index (χ1) is 8.19. The smallest absolute Gasteiger partial charge is 0.0125 e. The third-order valence-corrected chi connectivity index (χ3v) is 4.60. The van der Waals surface area contributed by atoms with Crippen molar-refractivity contribution in [1.82, 2.24) is 10.2 Å². The Morgan fingerprint density at radius 1 is 1.18 bits per heavy atom. The summed E-state index contributed by atoms with van der Waals surface area (Å²) in [5, 5.41) is 3.75. The fourth-order valence-corrected chi connectivity index (χ4v) is 3.63. The normalized spacial score (nSPS) is 32.6. The molecule has 0 aromatic carbocycles. The van der Waals surface area contributed by atoms with E-state index in [2.05, 4.69) is 31.0 Å². The molecule has 2 saturated heterocycles. The summed E-state index contributed by atoms with van der Waals surface area (Å²) in [6.07, 6.45) is 8.40. The molecule has 2 heterocycles. The van der Waals surface area contributed by atoms with Crippen LogP contribution in [-0.2, 0) is 0 Å². The van der Waals surface area contributed by atoms with Crippen LogP contribution in [0.15, 0.2) is 0 Å². The first-order valence-electron chi connectivity index (χ1n) is 7.69. The van der Waals surface area contributed by atoms with Gasteiger partial charge in [0.1, 0.15) is 0 Å². The van der Waals surface area contributed by atoms with E-state index in [0.29, 0.717) is 0 Å². The molecule has 0 radical (unpaired) electrons. The van der Waals surface area contributed by atoms with Crippen LogP contribution in [0.2, 0.25) is 0 Å². The van der Waals surface area contributed by atoms with Crippen molar-refractivity contribution < 1.29 is 0 Å². The Labute approximate surface area is 107 Å². The summed E-state index contributed by atoms with van der Waals surface area (Å²) < 4.78 is 0. The summed E-state index contributed by atoms with van der Waals surface area (Å²) >= 11 is 0. The van der Waals surface area contributed by atoms with E-state index >= 15 is 0 Å². The molecule has 2 nitrogen and oxygen atoms in total. The van der Waals surface area contributed by atoms with Crippen LogP contribution in [0.5, 0.6) is 0 Å². The lowest BCUT2D eigenvalue weighted by molar-refractivity contribution is 0.144. The molecule has 1 N–H and O–H groups in total. The van der Waals surface area contributed by atoms with Crippen LogP contribution >= 0.6 is 0 Å². The molecule has 0 saturated carbocycles. The average molecular weight is 238 g/mol. The maximum Gasteiger partial charge on any atom is 0.0125 e. The largest absolute Gasteiger partial charge is 0.311 e. The highest BCUT2D eigenvalue weighted by molar-refractivity contribution is 4.95. The number of hydrogen-bond donors (Lipinski definition) is 1. The van der Waals surface area contributed by atoms with Crippen molar-refractivity contribution in [3.05, 3.63) is 0 Å². The molecular weight excluding hydrogens is 208 g/mol. The highest BCUT2D eigenvalue weighted by Crippen LogP contribution is 2.29. The van der Waals surface area contributed by atoms with E-state index in [4.69, 9.17) is 0 Å². The number of fused-ring (bicyclic) bond motifs is 2.